The number of non-ortho nitro benzene ring substituents is 1. The number of hydrogen-bond donors (Lipinski definition) is 1. The molecule has 2 aromatic rings. The van der Waals surface area contributed by atoms with E-state index in [0.29, 0.717) is 9.90 Å². The van der Waals surface area contributed by atoms with Gasteiger partial charge in [-0.15, -0.1) is 10.2 Å². The van der Waals surface area contributed by atoms with Gasteiger partial charge < -0.3 is 0 Å². The van der Waals surface area contributed by atoms with E-state index in [2.05, 4.69) is 15.5 Å². The third kappa shape index (κ3) is 5.17. The van der Waals surface area contributed by atoms with Gasteiger partial charge in [0.05, 0.1) is 16.9 Å². The van der Waals surface area contributed by atoms with Crippen LogP contribution < -0.4 is 9.62 Å². The van der Waals surface area contributed by atoms with Crippen LogP contribution in [0.3, 0.4) is 0 Å². The average Bonchev–Trinajstić information content (AvgIpc) is 3.02. The molecule has 0 saturated carbocycles. The number of anilines is 2. The Kier molecular flexibility index (Phi) is 6.96. The summed E-state index contributed by atoms with van der Waals surface area (Å²) in [6.45, 7) is 4.97. The van der Waals surface area contributed by atoms with E-state index in [-0.39, 0.29) is 16.5 Å². The van der Waals surface area contributed by atoms with Crippen molar-refractivity contribution in [2.75, 3.05) is 21.6 Å². The van der Waals surface area contributed by atoms with Gasteiger partial charge in [-0.1, -0.05) is 36.1 Å². The molecule has 0 aliphatic carbocycles. The van der Waals surface area contributed by atoms with E-state index in [0.717, 1.165) is 22.4 Å². The van der Waals surface area contributed by atoms with Crippen molar-refractivity contribution >= 4 is 55.5 Å². The number of sulfonamides is 1. The molecule has 10 nitrogen and oxygen atoms in total. The van der Waals surface area contributed by atoms with Gasteiger partial charge in [0.2, 0.25) is 21.1 Å². The van der Waals surface area contributed by atoms with Crippen molar-refractivity contribution in [1.82, 2.24) is 10.2 Å². The maximum absolute atomic E-state index is 12.7. The summed E-state index contributed by atoms with van der Waals surface area (Å²) in [6, 6.07) is 2.69. The van der Waals surface area contributed by atoms with E-state index in [4.69, 9.17) is 0 Å². The molecule has 28 heavy (non-hydrogen) atoms. The SMILES string of the molecule is CCSc1nnc(NC(=O)[C@H](C)N(c2cc([N+](=O)[O-])ccc2C)S(C)(=O)=O)s1. The zero-order valence-electron chi connectivity index (χ0n) is 15.6. The van der Waals surface area contributed by atoms with Crippen LogP contribution in [0, 0.1) is 17.0 Å². The average molecular weight is 446 g/mol. The number of thioether (sulfide) groups is 1. The predicted molar refractivity (Wildman–Crippen MR) is 110 cm³/mol. The molecule has 1 aromatic carbocycles. The van der Waals surface area contributed by atoms with Gasteiger partial charge in [0.25, 0.3) is 5.69 Å². The Hall–Kier alpha value is -2.25. The highest BCUT2D eigenvalue weighted by Gasteiger charge is 2.31. The Morgan fingerprint density at radius 3 is 2.68 bits per heavy atom. The van der Waals surface area contributed by atoms with E-state index in [1.54, 1.807) is 6.92 Å². The summed E-state index contributed by atoms with van der Waals surface area (Å²) >= 11 is 2.65. The number of aryl methyl sites for hydroxylation is 1. The first kappa shape index (κ1) is 22.0. The summed E-state index contributed by atoms with van der Waals surface area (Å²) in [5.41, 5.74) is 0.277. The minimum absolute atomic E-state index is 0.0684. The standard InChI is InChI=1S/C15H19N5O5S3/c1-5-26-15-18-17-14(27-15)16-13(21)10(3)19(28(4,24)25)12-8-11(20(22)23)7-6-9(12)2/h6-8,10H,5H2,1-4H3,(H,16,17,21)/t10-/m0/s1. The number of nitrogens with one attached hydrogen (secondary N) is 1. The van der Waals surface area contributed by atoms with Gasteiger partial charge in [-0.3, -0.25) is 24.5 Å². The van der Waals surface area contributed by atoms with Crippen LogP contribution in [0.25, 0.3) is 0 Å². The number of amides is 1. The van der Waals surface area contributed by atoms with Gasteiger partial charge in [-0.2, -0.15) is 0 Å². The molecule has 0 aliphatic rings. The molecule has 152 valence electrons. The molecule has 0 unspecified atom stereocenters. The molecule has 1 N–H and O–H groups in total. The first-order chi connectivity index (χ1) is 13.0. The number of aromatic nitrogens is 2. The topological polar surface area (TPSA) is 135 Å². The van der Waals surface area contributed by atoms with Crippen molar-refractivity contribution in [3.05, 3.63) is 33.9 Å². The quantitative estimate of drug-likeness (QED) is 0.283. The number of nitrogens with zero attached hydrogens (tertiary/aromatic N) is 4. The van der Waals surface area contributed by atoms with E-state index < -0.39 is 26.9 Å². The first-order valence-electron chi connectivity index (χ1n) is 8.06. The van der Waals surface area contributed by atoms with Gasteiger partial charge in [0, 0.05) is 12.1 Å². The lowest BCUT2D eigenvalue weighted by atomic mass is 10.1. The fraction of sp³-hybridized carbons (Fsp3) is 0.400. The molecule has 13 heteroatoms. The fourth-order valence-corrected chi connectivity index (χ4v) is 5.26. The van der Waals surface area contributed by atoms with Gasteiger partial charge >= 0.3 is 0 Å². The van der Waals surface area contributed by atoms with E-state index in [1.807, 2.05) is 6.92 Å². The number of nitro benzene ring substituents is 1. The molecule has 0 radical (unpaired) electrons. The molecule has 0 saturated heterocycles. The van der Waals surface area contributed by atoms with Crippen LogP contribution in [-0.4, -0.2) is 47.5 Å². The Morgan fingerprint density at radius 1 is 1.43 bits per heavy atom. The van der Waals surface area contributed by atoms with E-state index in [9.17, 15) is 23.3 Å². The molecule has 0 fully saturated rings. The fourth-order valence-electron chi connectivity index (χ4n) is 2.38. The van der Waals surface area contributed by atoms with E-state index >= 15 is 0 Å². The van der Waals surface area contributed by atoms with Crippen LogP contribution in [0.4, 0.5) is 16.5 Å². The predicted octanol–water partition coefficient (Wildman–Crippen LogP) is 2.66. The lowest BCUT2D eigenvalue weighted by Crippen LogP contribution is -2.45. The monoisotopic (exact) mass is 445 g/mol. The number of hydrogen-bond acceptors (Lipinski definition) is 9. The van der Waals surface area contributed by atoms with Crippen LogP contribution in [0.5, 0.6) is 0 Å². The van der Waals surface area contributed by atoms with Crippen molar-refractivity contribution in [2.24, 2.45) is 0 Å². The Morgan fingerprint density at radius 2 is 2.11 bits per heavy atom. The Labute approximate surface area is 170 Å². The first-order valence-corrected chi connectivity index (χ1v) is 11.7. The summed E-state index contributed by atoms with van der Waals surface area (Å²) in [5, 5.41) is 21.7. The molecule has 0 bridgehead atoms. The van der Waals surface area contributed by atoms with Gasteiger partial charge in [0.1, 0.15) is 6.04 Å². The van der Waals surface area contributed by atoms with Crippen molar-refractivity contribution in [1.29, 1.82) is 0 Å². The third-order valence-electron chi connectivity index (χ3n) is 3.63. The lowest BCUT2D eigenvalue weighted by molar-refractivity contribution is -0.384. The highest BCUT2D eigenvalue weighted by molar-refractivity contribution is 8.01. The zero-order valence-corrected chi connectivity index (χ0v) is 18.0. The number of benzene rings is 1. The Bertz CT molecular complexity index is 992. The summed E-state index contributed by atoms with van der Waals surface area (Å²) in [6.07, 6.45) is 0.940. The Balaban J connectivity index is 2.36. The molecule has 1 amide bonds. The minimum atomic E-state index is -3.91. The highest BCUT2D eigenvalue weighted by atomic mass is 32.2. The number of nitro groups is 1. The minimum Gasteiger partial charge on any atom is -0.299 e. The lowest BCUT2D eigenvalue weighted by Gasteiger charge is -2.29. The van der Waals surface area contributed by atoms with Crippen molar-refractivity contribution < 1.29 is 18.1 Å². The molecule has 1 atom stereocenters. The largest absolute Gasteiger partial charge is 0.299 e. The normalized spacial score (nSPS) is 12.4. The third-order valence-corrected chi connectivity index (χ3v) is 6.72. The van der Waals surface area contributed by atoms with Crippen molar-refractivity contribution in [2.45, 2.75) is 31.2 Å². The smallest absolute Gasteiger partial charge is 0.271 e. The van der Waals surface area contributed by atoms with Crippen LogP contribution in [0.2, 0.25) is 0 Å². The molecule has 0 spiro atoms. The van der Waals surface area contributed by atoms with Gasteiger partial charge in [-0.25, -0.2) is 8.42 Å². The van der Waals surface area contributed by atoms with Crippen LogP contribution >= 0.6 is 23.1 Å². The van der Waals surface area contributed by atoms with Crippen LogP contribution in [0.1, 0.15) is 19.4 Å². The molecule has 2 rings (SSSR count). The number of carbonyl (C=O) groups excluding carboxylic acids is 1. The van der Waals surface area contributed by atoms with E-state index in [1.165, 1.54) is 42.2 Å². The summed E-state index contributed by atoms with van der Waals surface area (Å²) in [7, 11) is -3.91. The summed E-state index contributed by atoms with van der Waals surface area (Å²) in [4.78, 5) is 23.1. The zero-order chi connectivity index (χ0) is 21.1. The van der Waals surface area contributed by atoms with Crippen LogP contribution in [0.15, 0.2) is 22.5 Å². The second-order valence-corrected chi connectivity index (χ2v) is 10.1. The molecular formula is C15H19N5O5S3. The van der Waals surface area contributed by atoms with Gasteiger partial charge in [0.15, 0.2) is 4.34 Å². The molecule has 1 aromatic heterocycles. The molecular weight excluding hydrogens is 426 g/mol. The summed E-state index contributed by atoms with van der Waals surface area (Å²) in [5.74, 6) is 0.174. The van der Waals surface area contributed by atoms with Crippen molar-refractivity contribution in [3.63, 3.8) is 0 Å². The second-order valence-electron chi connectivity index (χ2n) is 5.76. The second kappa shape index (κ2) is 8.84. The molecule has 0 aliphatic heterocycles. The van der Waals surface area contributed by atoms with Crippen LogP contribution in [-0.2, 0) is 14.8 Å². The van der Waals surface area contributed by atoms with Crippen molar-refractivity contribution in [3.8, 4) is 0 Å². The molecule has 1 heterocycles. The van der Waals surface area contributed by atoms with Gasteiger partial charge in [-0.05, 0) is 25.2 Å². The maximum Gasteiger partial charge on any atom is 0.271 e. The maximum atomic E-state index is 12.7. The number of carbonyl (C=O) groups is 1. The highest BCUT2D eigenvalue weighted by Crippen LogP contribution is 2.30. The summed E-state index contributed by atoms with van der Waals surface area (Å²) < 4.78 is 26.3. The number of rotatable bonds is 8.